The number of carbonyl (C=O) groups is 2. The number of halogens is 3. The molecule has 1 aliphatic rings. The van der Waals surface area contributed by atoms with Crippen molar-refractivity contribution in [3.05, 3.63) is 105 Å². The fourth-order valence-corrected chi connectivity index (χ4v) is 5.03. The van der Waals surface area contributed by atoms with E-state index in [0.29, 0.717) is 22.9 Å². The summed E-state index contributed by atoms with van der Waals surface area (Å²) in [5, 5.41) is 1.06. The monoisotopic (exact) mass is 528 g/mol. The van der Waals surface area contributed by atoms with Gasteiger partial charge in [-0.25, -0.2) is 4.39 Å². The van der Waals surface area contributed by atoms with Crippen LogP contribution in [-0.4, -0.2) is 28.9 Å². The molecule has 3 aromatic rings. The highest BCUT2D eigenvalue weighted by Gasteiger charge is 2.47. The van der Waals surface area contributed by atoms with Crippen molar-refractivity contribution < 1.29 is 18.7 Å². The number of carbonyl (C=O) groups excluding carboxylic acids is 2. The van der Waals surface area contributed by atoms with Gasteiger partial charge in [0.1, 0.15) is 24.1 Å². The van der Waals surface area contributed by atoms with Crippen molar-refractivity contribution >= 4 is 35.0 Å². The summed E-state index contributed by atoms with van der Waals surface area (Å²) in [6.45, 7) is 1.93. The molecule has 5 nitrogen and oxygen atoms in total. The Hall–Kier alpha value is -2.93. The minimum Gasteiger partial charge on any atom is -0.368 e. The predicted octanol–water partition coefficient (Wildman–Crippen LogP) is 6.04. The number of morpholine rings is 1. The van der Waals surface area contributed by atoms with Crippen LogP contribution in [0, 0.1) is 5.82 Å². The molecule has 0 bridgehead atoms. The Morgan fingerprint density at radius 1 is 1.03 bits per heavy atom. The number of ether oxygens (including phenoxy) is 1. The number of primary amides is 1. The largest absolute Gasteiger partial charge is 0.368 e. The number of hydrogen-bond acceptors (Lipinski definition) is 3. The first-order valence-corrected chi connectivity index (χ1v) is 12.6. The number of rotatable bonds is 8. The molecule has 188 valence electrons. The summed E-state index contributed by atoms with van der Waals surface area (Å²) in [5.74, 6) is -1.31. The smallest absolute Gasteiger partial charge is 0.253 e. The highest BCUT2D eigenvalue weighted by Crippen LogP contribution is 2.44. The van der Waals surface area contributed by atoms with Gasteiger partial charge in [-0.2, -0.15) is 0 Å². The maximum absolute atomic E-state index is 14.0. The topological polar surface area (TPSA) is 72.6 Å². The van der Waals surface area contributed by atoms with Crippen LogP contribution in [0.3, 0.4) is 0 Å². The van der Waals surface area contributed by atoms with Gasteiger partial charge in [-0.05, 0) is 59.5 Å². The molecule has 0 aliphatic carbocycles. The van der Waals surface area contributed by atoms with Crippen LogP contribution in [0.4, 0.5) is 4.39 Å². The summed E-state index contributed by atoms with van der Waals surface area (Å²) < 4.78 is 20.0. The summed E-state index contributed by atoms with van der Waals surface area (Å²) in [6, 6.07) is 18.8. The van der Waals surface area contributed by atoms with Crippen LogP contribution >= 0.6 is 23.2 Å². The molecule has 3 aromatic carbocycles. The Morgan fingerprint density at radius 2 is 1.72 bits per heavy atom. The first-order chi connectivity index (χ1) is 17.3. The van der Waals surface area contributed by atoms with Crippen LogP contribution in [0.1, 0.15) is 48.6 Å². The number of nitrogens with two attached hydrogens (primary N) is 1. The number of amides is 2. The Labute approximate surface area is 219 Å². The zero-order valence-corrected chi connectivity index (χ0v) is 21.3. The number of hydrogen-bond donors (Lipinski definition) is 1. The summed E-state index contributed by atoms with van der Waals surface area (Å²) >= 11 is 12.5. The fourth-order valence-electron chi connectivity index (χ4n) is 4.71. The van der Waals surface area contributed by atoms with Crippen molar-refractivity contribution in [1.29, 1.82) is 0 Å². The fraction of sp³-hybridized carbons (Fsp3) is 0.286. The van der Waals surface area contributed by atoms with Crippen LogP contribution < -0.4 is 5.73 Å². The maximum Gasteiger partial charge on any atom is 0.253 e. The zero-order chi connectivity index (χ0) is 25.8. The van der Waals surface area contributed by atoms with Crippen LogP contribution in [0.5, 0.6) is 0 Å². The van der Waals surface area contributed by atoms with E-state index in [-0.39, 0.29) is 18.1 Å². The van der Waals surface area contributed by atoms with Crippen molar-refractivity contribution in [2.24, 2.45) is 5.73 Å². The Kier molecular flexibility index (Phi) is 8.29. The second-order valence-electron chi connectivity index (χ2n) is 8.88. The molecule has 1 heterocycles. The van der Waals surface area contributed by atoms with Gasteiger partial charge in [0, 0.05) is 16.5 Å². The molecule has 2 N–H and O–H groups in total. The minimum absolute atomic E-state index is 0.206. The van der Waals surface area contributed by atoms with Gasteiger partial charge in [0.15, 0.2) is 0 Å². The lowest BCUT2D eigenvalue weighted by atomic mass is 9.88. The van der Waals surface area contributed by atoms with Gasteiger partial charge in [-0.3, -0.25) is 9.59 Å². The van der Waals surface area contributed by atoms with Gasteiger partial charge in [0.05, 0.1) is 6.04 Å². The first-order valence-electron chi connectivity index (χ1n) is 11.8. The van der Waals surface area contributed by atoms with E-state index in [1.54, 1.807) is 41.3 Å². The lowest BCUT2D eigenvalue weighted by molar-refractivity contribution is -0.181. The lowest BCUT2D eigenvalue weighted by Gasteiger charge is -2.47. The van der Waals surface area contributed by atoms with E-state index < -0.39 is 30.2 Å². The third-order valence-electron chi connectivity index (χ3n) is 6.38. The molecule has 4 rings (SSSR count). The predicted molar refractivity (Wildman–Crippen MR) is 138 cm³/mol. The van der Waals surface area contributed by atoms with Crippen LogP contribution in [-0.2, 0) is 20.7 Å². The van der Waals surface area contributed by atoms with E-state index >= 15 is 0 Å². The quantitative estimate of drug-likeness (QED) is 0.387. The molecular weight excluding hydrogens is 502 g/mol. The third kappa shape index (κ3) is 5.72. The van der Waals surface area contributed by atoms with Gasteiger partial charge in [0.25, 0.3) is 5.91 Å². The average molecular weight is 529 g/mol. The van der Waals surface area contributed by atoms with Crippen molar-refractivity contribution in [3.63, 3.8) is 0 Å². The second kappa shape index (κ2) is 11.4. The molecule has 4 atom stereocenters. The molecular formula is C28H27Cl2FN2O3. The lowest BCUT2D eigenvalue weighted by Crippen LogP contribution is -2.58. The van der Waals surface area contributed by atoms with Crippen molar-refractivity contribution in [3.8, 4) is 0 Å². The molecule has 0 saturated carbocycles. The number of benzene rings is 3. The maximum atomic E-state index is 14.0. The standard InChI is InChI=1S/C28H27Cl2FN2O3/c1-2-4-23(27(32)34)33-25(18-9-11-20(29)12-10-18)26(19-5-3-6-21(30)16-19)36-24(28(33)35)15-17-7-13-22(31)14-8-17/h3,5-14,16,23-26H,2,4,15H2,1H3,(H2,32,34)/t23-,24+,25-,26+/m0/s1. The number of nitrogens with zero attached hydrogens (tertiary/aromatic N) is 1. The molecule has 1 saturated heterocycles. The van der Waals surface area contributed by atoms with Crippen molar-refractivity contribution in [2.75, 3.05) is 0 Å². The van der Waals surface area contributed by atoms with Crippen molar-refractivity contribution in [1.82, 2.24) is 4.90 Å². The molecule has 0 unspecified atom stereocenters. The van der Waals surface area contributed by atoms with E-state index in [1.807, 2.05) is 31.2 Å². The SMILES string of the molecule is CCC[C@@H](C(N)=O)N1C(=O)[C@@H](Cc2ccc(F)cc2)O[C@H](c2cccc(Cl)c2)[C@@H]1c1ccc(Cl)cc1. The molecule has 8 heteroatoms. The van der Waals surface area contributed by atoms with Gasteiger partial charge in [-0.15, -0.1) is 0 Å². The van der Waals surface area contributed by atoms with E-state index in [2.05, 4.69) is 0 Å². The molecule has 1 fully saturated rings. The highest BCUT2D eigenvalue weighted by atomic mass is 35.5. The highest BCUT2D eigenvalue weighted by molar-refractivity contribution is 6.30. The normalized spacial score (nSPS) is 20.8. The minimum atomic E-state index is -0.915. The third-order valence-corrected chi connectivity index (χ3v) is 6.86. The molecule has 1 aliphatic heterocycles. The Morgan fingerprint density at radius 3 is 2.33 bits per heavy atom. The summed E-state index contributed by atoms with van der Waals surface area (Å²) in [5.41, 5.74) is 8.08. The summed E-state index contributed by atoms with van der Waals surface area (Å²) in [7, 11) is 0. The van der Waals surface area contributed by atoms with E-state index in [9.17, 15) is 14.0 Å². The van der Waals surface area contributed by atoms with Crippen LogP contribution in [0.25, 0.3) is 0 Å². The van der Waals surface area contributed by atoms with E-state index in [4.69, 9.17) is 33.7 Å². The van der Waals surface area contributed by atoms with Gasteiger partial charge < -0.3 is 15.4 Å². The molecule has 0 radical (unpaired) electrons. The molecule has 36 heavy (non-hydrogen) atoms. The Bertz CT molecular complexity index is 1220. The summed E-state index contributed by atoms with van der Waals surface area (Å²) in [6.07, 6.45) is -0.307. The summed E-state index contributed by atoms with van der Waals surface area (Å²) in [4.78, 5) is 28.2. The van der Waals surface area contributed by atoms with Crippen LogP contribution in [0.15, 0.2) is 72.8 Å². The van der Waals surface area contributed by atoms with Crippen molar-refractivity contribution in [2.45, 2.75) is 50.5 Å². The Balaban J connectivity index is 1.85. The van der Waals surface area contributed by atoms with E-state index in [1.165, 1.54) is 12.1 Å². The van der Waals surface area contributed by atoms with Gasteiger partial charge in [-0.1, -0.05) is 72.9 Å². The average Bonchev–Trinajstić information content (AvgIpc) is 2.85. The van der Waals surface area contributed by atoms with Gasteiger partial charge in [0.2, 0.25) is 5.91 Å². The molecule has 0 aromatic heterocycles. The zero-order valence-electron chi connectivity index (χ0n) is 19.7. The molecule has 2 amide bonds. The first kappa shape index (κ1) is 26.1. The molecule has 0 spiro atoms. The van der Waals surface area contributed by atoms with Crippen LogP contribution in [0.2, 0.25) is 10.0 Å². The van der Waals surface area contributed by atoms with E-state index in [0.717, 1.165) is 16.7 Å². The second-order valence-corrected chi connectivity index (χ2v) is 9.75. The van der Waals surface area contributed by atoms with Gasteiger partial charge >= 0.3 is 0 Å².